The molecule has 0 aliphatic heterocycles. The van der Waals surface area contributed by atoms with Crippen LogP contribution in [0.3, 0.4) is 0 Å². The summed E-state index contributed by atoms with van der Waals surface area (Å²) in [5, 5.41) is 8.53. The molecule has 0 bridgehead atoms. The maximum Gasteiger partial charge on any atom is 0.0701 e. The summed E-state index contributed by atoms with van der Waals surface area (Å²) in [6.07, 6.45) is 12.0. The van der Waals surface area contributed by atoms with Crippen molar-refractivity contribution in [2.75, 3.05) is 72.7 Å². The Morgan fingerprint density at radius 2 is 0.741 bits per heavy atom. The van der Waals surface area contributed by atoms with Crippen LogP contribution in [0.15, 0.2) is 0 Å². The molecule has 0 aliphatic carbocycles. The maximum atomic E-state index is 8.53. The Morgan fingerprint density at radius 3 is 1.15 bits per heavy atom. The largest absolute Gasteiger partial charge is 0.394 e. The van der Waals surface area contributed by atoms with Gasteiger partial charge in [-0.2, -0.15) is 0 Å². The van der Waals surface area contributed by atoms with Crippen LogP contribution in [0.25, 0.3) is 0 Å². The highest BCUT2D eigenvalue weighted by Gasteiger charge is 1.95. The van der Waals surface area contributed by atoms with E-state index in [1.807, 2.05) is 0 Å². The van der Waals surface area contributed by atoms with Crippen molar-refractivity contribution in [3.05, 3.63) is 0 Å². The van der Waals surface area contributed by atoms with E-state index in [9.17, 15) is 0 Å². The fraction of sp³-hybridized carbons (Fsp3) is 1.00. The zero-order chi connectivity index (χ0) is 19.7. The van der Waals surface area contributed by atoms with Crippen molar-refractivity contribution >= 4 is 0 Å². The molecule has 0 fully saturated rings. The summed E-state index contributed by atoms with van der Waals surface area (Å²) >= 11 is 0. The van der Waals surface area contributed by atoms with Gasteiger partial charge in [-0.25, -0.2) is 0 Å². The van der Waals surface area contributed by atoms with E-state index >= 15 is 0 Å². The van der Waals surface area contributed by atoms with Crippen LogP contribution in [0, 0.1) is 0 Å². The summed E-state index contributed by atoms with van der Waals surface area (Å²) in [5.41, 5.74) is 0. The number of unbranched alkanes of at least 4 members (excludes halogenated alkanes) is 8. The van der Waals surface area contributed by atoms with Crippen LogP contribution in [-0.4, -0.2) is 77.8 Å². The van der Waals surface area contributed by atoms with Crippen LogP contribution in [0.4, 0.5) is 0 Å². The van der Waals surface area contributed by atoms with Crippen molar-refractivity contribution in [1.82, 2.24) is 0 Å². The summed E-state index contributed by atoms with van der Waals surface area (Å²) in [6, 6.07) is 0. The molecule has 0 heterocycles. The number of aliphatic hydroxyl groups excluding tert-OH is 1. The highest BCUT2D eigenvalue weighted by Crippen LogP contribution is 2.09. The van der Waals surface area contributed by atoms with E-state index in [-0.39, 0.29) is 6.61 Å². The second kappa shape index (κ2) is 25.8. The lowest BCUT2D eigenvalue weighted by Crippen LogP contribution is -2.13. The first-order valence-electron chi connectivity index (χ1n) is 10.9. The van der Waals surface area contributed by atoms with Crippen molar-refractivity contribution in [3.63, 3.8) is 0 Å². The highest BCUT2D eigenvalue weighted by atomic mass is 16.6. The van der Waals surface area contributed by atoms with Gasteiger partial charge in [0.05, 0.1) is 66.1 Å². The lowest BCUT2D eigenvalue weighted by molar-refractivity contribution is -0.0134. The standard InChI is InChI=1S/C21H44O6/c1-2-3-4-5-6-7-8-9-10-12-23-14-16-25-18-20-27-21-19-26-17-15-24-13-11-22/h22H,2-21H2,1H3. The molecule has 0 aromatic heterocycles. The fourth-order valence-electron chi connectivity index (χ4n) is 2.56. The molecule has 0 aromatic rings. The molecule has 0 unspecified atom stereocenters. The molecule has 6 nitrogen and oxygen atoms in total. The second-order valence-corrected chi connectivity index (χ2v) is 6.61. The Kier molecular flexibility index (Phi) is 25.5. The zero-order valence-electron chi connectivity index (χ0n) is 17.6. The van der Waals surface area contributed by atoms with Crippen molar-refractivity contribution in [2.45, 2.75) is 64.7 Å². The van der Waals surface area contributed by atoms with Gasteiger partial charge in [0.1, 0.15) is 0 Å². The van der Waals surface area contributed by atoms with E-state index < -0.39 is 0 Å². The monoisotopic (exact) mass is 392 g/mol. The molecule has 0 spiro atoms. The van der Waals surface area contributed by atoms with Gasteiger partial charge in [-0.3, -0.25) is 0 Å². The zero-order valence-corrected chi connectivity index (χ0v) is 17.6. The Morgan fingerprint density at radius 1 is 0.407 bits per heavy atom. The minimum Gasteiger partial charge on any atom is -0.394 e. The van der Waals surface area contributed by atoms with Gasteiger partial charge in [-0.15, -0.1) is 0 Å². The Labute approximate surface area is 166 Å². The van der Waals surface area contributed by atoms with Crippen molar-refractivity contribution in [3.8, 4) is 0 Å². The van der Waals surface area contributed by atoms with Crippen LogP contribution < -0.4 is 0 Å². The number of aliphatic hydroxyl groups is 1. The molecule has 164 valence electrons. The normalized spacial score (nSPS) is 11.3. The predicted molar refractivity (Wildman–Crippen MR) is 108 cm³/mol. The van der Waals surface area contributed by atoms with Gasteiger partial charge in [-0.05, 0) is 6.42 Å². The molecular formula is C21H44O6. The second-order valence-electron chi connectivity index (χ2n) is 6.61. The summed E-state index contributed by atoms with van der Waals surface area (Å²) in [5.74, 6) is 0. The molecule has 6 heteroatoms. The van der Waals surface area contributed by atoms with Crippen molar-refractivity contribution in [1.29, 1.82) is 0 Å². The predicted octanol–water partition coefficient (Wildman–Crippen LogP) is 3.59. The average Bonchev–Trinajstić information content (AvgIpc) is 2.68. The van der Waals surface area contributed by atoms with Crippen LogP contribution in [-0.2, 0) is 23.7 Å². The Bertz CT molecular complexity index is 229. The number of rotatable bonds is 24. The van der Waals surface area contributed by atoms with Crippen LogP contribution in [0.5, 0.6) is 0 Å². The first-order chi connectivity index (χ1) is 13.4. The minimum atomic E-state index is 0.0490. The molecule has 0 radical (unpaired) electrons. The summed E-state index contributed by atoms with van der Waals surface area (Å²) in [7, 11) is 0. The van der Waals surface area contributed by atoms with Gasteiger partial charge in [0.2, 0.25) is 0 Å². The fourth-order valence-corrected chi connectivity index (χ4v) is 2.56. The van der Waals surface area contributed by atoms with E-state index in [0.717, 1.165) is 13.0 Å². The lowest BCUT2D eigenvalue weighted by atomic mass is 10.1. The molecular weight excluding hydrogens is 348 g/mol. The van der Waals surface area contributed by atoms with Gasteiger partial charge >= 0.3 is 0 Å². The summed E-state index contributed by atoms with van der Waals surface area (Å²) in [4.78, 5) is 0. The SMILES string of the molecule is CCCCCCCCCCCOCCOCCOCCOCCOCCO. The molecule has 0 saturated carbocycles. The van der Waals surface area contributed by atoms with E-state index in [2.05, 4.69) is 6.92 Å². The smallest absolute Gasteiger partial charge is 0.0701 e. The highest BCUT2D eigenvalue weighted by molar-refractivity contribution is 4.46. The molecule has 0 aromatic carbocycles. The quantitative estimate of drug-likeness (QED) is 0.253. The van der Waals surface area contributed by atoms with Crippen LogP contribution in [0.2, 0.25) is 0 Å². The topological polar surface area (TPSA) is 66.4 Å². The van der Waals surface area contributed by atoms with E-state index in [1.54, 1.807) is 0 Å². The maximum absolute atomic E-state index is 8.53. The van der Waals surface area contributed by atoms with Crippen molar-refractivity contribution < 1.29 is 28.8 Å². The molecule has 1 N–H and O–H groups in total. The third-order valence-electron chi connectivity index (χ3n) is 4.12. The number of hydrogen-bond donors (Lipinski definition) is 1. The Balaban J connectivity index is 2.95. The van der Waals surface area contributed by atoms with Crippen LogP contribution in [0.1, 0.15) is 64.7 Å². The van der Waals surface area contributed by atoms with E-state index in [0.29, 0.717) is 59.5 Å². The minimum absolute atomic E-state index is 0.0490. The van der Waals surface area contributed by atoms with E-state index in [1.165, 1.54) is 51.4 Å². The molecule has 27 heavy (non-hydrogen) atoms. The molecule has 0 amide bonds. The van der Waals surface area contributed by atoms with Crippen LogP contribution >= 0.6 is 0 Å². The third-order valence-corrected chi connectivity index (χ3v) is 4.12. The summed E-state index contributed by atoms with van der Waals surface area (Å²) < 4.78 is 26.8. The number of ether oxygens (including phenoxy) is 5. The van der Waals surface area contributed by atoms with E-state index in [4.69, 9.17) is 28.8 Å². The summed E-state index contributed by atoms with van der Waals surface area (Å²) in [6.45, 7) is 8.08. The molecule has 0 aliphatic rings. The molecule has 0 saturated heterocycles. The third kappa shape index (κ3) is 25.8. The first kappa shape index (κ1) is 26.8. The average molecular weight is 393 g/mol. The van der Waals surface area contributed by atoms with Gasteiger partial charge < -0.3 is 28.8 Å². The molecule has 0 rings (SSSR count). The van der Waals surface area contributed by atoms with Gasteiger partial charge in [-0.1, -0.05) is 58.3 Å². The number of hydrogen-bond acceptors (Lipinski definition) is 6. The van der Waals surface area contributed by atoms with Gasteiger partial charge in [0, 0.05) is 6.61 Å². The Hall–Kier alpha value is -0.240. The lowest BCUT2D eigenvalue weighted by Gasteiger charge is -2.08. The van der Waals surface area contributed by atoms with Gasteiger partial charge in [0.25, 0.3) is 0 Å². The molecule has 0 atom stereocenters. The first-order valence-corrected chi connectivity index (χ1v) is 10.9. The van der Waals surface area contributed by atoms with Crippen molar-refractivity contribution in [2.24, 2.45) is 0 Å². The van der Waals surface area contributed by atoms with Gasteiger partial charge in [0.15, 0.2) is 0 Å².